The number of nitrogens with zero attached hydrogens (tertiary/aromatic N) is 1. The summed E-state index contributed by atoms with van der Waals surface area (Å²) in [5.41, 5.74) is 1.41. The Morgan fingerprint density at radius 1 is 1.21 bits per heavy atom. The van der Waals surface area contributed by atoms with E-state index in [1.807, 2.05) is 7.05 Å². The fourth-order valence-corrected chi connectivity index (χ4v) is 2.60. The van der Waals surface area contributed by atoms with Crippen molar-refractivity contribution in [2.75, 3.05) is 13.6 Å². The van der Waals surface area contributed by atoms with E-state index in [1.165, 1.54) is 31.2 Å². The molecule has 1 fully saturated rings. The van der Waals surface area contributed by atoms with Crippen molar-refractivity contribution >= 4 is 5.96 Å². The molecule has 3 heteroatoms. The Bertz CT molecular complexity index is 380. The van der Waals surface area contributed by atoms with Gasteiger partial charge in [0.1, 0.15) is 0 Å². The van der Waals surface area contributed by atoms with E-state index in [4.69, 9.17) is 0 Å². The number of aliphatic imine (C=N–C) groups is 1. The topological polar surface area (TPSA) is 36.4 Å². The molecule has 3 nitrogen and oxygen atoms in total. The molecule has 0 atom stereocenters. The van der Waals surface area contributed by atoms with Crippen LogP contribution in [0.4, 0.5) is 0 Å². The van der Waals surface area contributed by atoms with Gasteiger partial charge < -0.3 is 10.6 Å². The maximum Gasteiger partial charge on any atom is 0.191 e. The Balaban J connectivity index is 1.63. The van der Waals surface area contributed by atoms with Crippen molar-refractivity contribution in [3.8, 4) is 0 Å². The predicted molar refractivity (Wildman–Crippen MR) is 81.5 cm³/mol. The van der Waals surface area contributed by atoms with Crippen molar-refractivity contribution in [1.29, 1.82) is 0 Å². The third-order valence-corrected chi connectivity index (χ3v) is 3.70. The van der Waals surface area contributed by atoms with Gasteiger partial charge in [0.2, 0.25) is 0 Å². The van der Waals surface area contributed by atoms with Crippen LogP contribution in [0.15, 0.2) is 35.3 Å². The van der Waals surface area contributed by atoms with Crippen molar-refractivity contribution < 1.29 is 0 Å². The van der Waals surface area contributed by atoms with E-state index in [0.717, 1.165) is 25.3 Å². The lowest BCUT2D eigenvalue weighted by Crippen LogP contribution is -2.42. The second-order valence-electron chi connectivity index (χ2n) is 5.21. The van der Waals surface area contributed by atoms with Gasteiger partial charge in [-0.05, 0) is 31.2 Å². The number of hydrogen-bond donors (Lipinski definition) is 2. The first-order chi connectivity index (χ1) is 9.38. The molecule has 0 amide bonds. The standard InChI is InChI=1S/C16H25N3/c1-17-16(19-15-11-5-6-12-15)18-13-7-10-14-8-3-2-4-9-14/h2-4,8-9,15H,5-7,10-13H2,1H3,(H2,17,18,19). The van der Waals surface area contributed by atoms with Gasteiger partial charge in [-0.15, -0.1) is 0 Å². The van der Waals surface area contributed by atoms with Crippen molar-refractivity contribution in [2.45, 2.75) is 44.6 Å². The molecule has 0 radical (unpaired) electrons. The van der Waals surface area contributed by atoms with E-state index in [0.29, 0.717) is 6.04 Å². The van der Waals surface area contributed by atoms with Crippen LogP contribution in [0.5, 0.6) is 0 Å². The zero-order valence-electron chi connectivity index (χ0n) is 11.9. The Morgan fingerprint density at radius 3 is 2.63 bits per heavy atom. The molecule has 0 unspecified atom stereocenters. The second-order valence-corrected chi connectivity index (χ2v) is 5.21. The number of rotatable bonds is 5. The Labute approximate surface area is 116 Å². The van der Waals surface area contributed by atoms with Crippen LogP contribution in [0.25, 0.3) is 0 Å². The highest BCUT2D eigenvalue weighted by Gasteiger charge is 2.15. The molecule has 1 aliphatic rings. The normalized spacial score (nSPS) is 16.6. The number of nitrogens with one attached hydrogen (secondary N) is 2. The molecule has 2 rings (SSSR count). The highest BCUT2D eigenvalue weighted by molar-refractivity contribution is 5.79. The maximum atomic E-state index is 4.29. The zero-order valence-corrected chi connectivity index (χ0v) is 11.9. The van der Waals surface area contributed by atoms with E-state index in [-0.39, 0.29) is 0 Å². The van der Waals surface area contributed by atoms with Crippen LogP contribution in [-0.2, 0) is 6.42 Å². The van der Waals surface area contributed by atoms with Crippen LogP contribution >= 0.6 is 0 Å². The molecule has 1 saturated carbocycles. The first-order valence-electron chi connectivity index (χ1n) is 7.39. The van der Waals surface area contributed by atoms with Crippen molar-refractivity contribution in [1.82, 2.24) is 10.6 Å². The molecule has 0 saturated heterocycles. The Hall–Kier alpha value is -1.51. The second kappa shape index (κ2) is 7.82. The molecule has 0 bridgehead atoms. The lowest BCUT2D eigenvalue weighted by molar-refractivity contribution is 0.610. The van der Waals surface area contributed by atoms with Crippen molar-refractivity contribution in [3.05, 3.63) is 35.9 Å². The van der Waals surface area contributed by atoms with E-state index in [2.05, 4.69) is 46.0 Å². The summed E-state index contributed by atoms with van der Waals surface area (Å²) in [5, 5.41) is 6.91. The molecular formula is C16H25N3. The van der Waals surface area contributed by atoms with Gasteiger partial charge in [-0.2, -0.15) is 0 Å². The molecule has 0 spiro atoms. The first kappa shape index (κ1) is 13.9. The third-order valence-electron chi connectivity index (χ3n) is 3.70. The molecular weight excluding hydrogens is 234 g/mol. The highest BCUT2D eigenvalue weighted by atomic mass is 15.2. The number of aryl methyl sites for hydroxylation is 1. The fourth-order valence-electron chi connectivity index (χ4n) is 2.60. The minimum Gasteiger partial charge on any atom is -0.356 e. The number of hydrogen-bond acceptors (Lipinski definition) is 1. The van der Waals surface area contributed by atoms with Gasteiger partial charge in [-0.25, -0.2) is 0 Å². The van der Waals surface area contributed by atoms with Gasteiger partial charge in [-0.1, -0.05) is 43.2 Å². The predicted octanol–water partition coefficient (Wildman–Crippen LogP) is 2.73. The van der Waals surface area contributed by atoms with Crippen molar-refractivity contribution in [3.63, 3.8) is 0 Å². The summed E-state index contributed by atoms with van der Waals surface area (Å²) in [6.45, 7) is 0.973. The lowest BCUT2D eigenvalue weighted by Gasteiger charge is -2.16. The van der Waals surface area contributed by atoms with Gasteiger partial charge in [0.05, 0.1) is 0 Å². The molecule has 0 heterocycles. The number of benzene rings is 1. The maximum absolute atomic E-state index is 4.29. The smallest absolute Gasteiger partial charge is 0.191 e. The summed E-state index contributed by atoms with van der Waals surface area (Å²) >= 11 is 0. The molecule has 1 aromatic rings. The Kier molecular flexibility index (Phi) is 5.73. The summed E-state index contributed by atoms with van der Waals surface area (Å²) in [7, 11) is 1.85. The van der Waals surface area contributed by atoms with Gasteiger partial charge in [0.25, 0.3) is 0 Å². The molecule has 104 valence electrons. The highest BCUT2D eigenvalue weighted by Crippen LogP contribution is 2.17. The van der Waals surface area contributed by atoms with Gasteiger partial charge in [0, 0.05) is 19.6 Å². The van der Waals surface area contributed by atoms with E-state index in [1.54, 1.807) is 0 Å². The molecule has 0 aromatic heterocycles. The van der Waals surface area contributed by atoms with Crippen LogP contribution in [0.1, 0.15) is 37.7 Å². The van der Waals surface area contributed by atoms with E-state index < -0.39 is 0 Å². The van der Waals surface area contributed by atoms with Gasteiger partial charge >= 0.3 is 0 Å². The summed E-state index contributed by atoms with van der Waals surface area (Å²) in [6, 6.07) is 11.3. The quantitative estimate of drug-likeness (QED) is 0.484. The summed E-state index contributed by atoms with van der Waals surface area (Å²) < 4.78 is 0. The fraction of sp³-hybridized carbons (Fsp3) is 0.562. The van der Waals surface area contributed by atoms with Gasteiger partial charge in [-0.3, -0.25) is 4.99 Å². The molecule has 1 aliphatic carbocycles. The SMILES string of the molecule is CN=C(NCCCc1ccccc1)NC1CCCC1. The van der Waals surface area contributed by atoms with E-state index >= 15 is 0 Å². The average Bonchev–Trinajstić information content (AvgIpc) is 2.96. The summed E-state index contributed by atoms with van der Waals surface area (Å²) in [4.78, 5) is 4.29. The van der Waals surface area contributed by atoms with Crippen LogP contribution < -0.4 is 10.6 Å². The number of guanidine groups is 1. The Morgan fingerprint density at radius 2 is 1.95 bits per heavy atom. The molecule has 2 N–H and O–H groups in total. The van der Waals surface area contributed by atoms with Crippen LogP contribution in [0, 0.1) is 0 Å². The summed E-state index contributed by atoms with van der Waals surface area (Å²) in [5.74, 6) is 0.958. The van der Waals surface area contributed by atoms with Crippen LogP contribution in [0.3, 0.4) is 0 Å². The average molecular weight is 259 g/mol. The molecule has 1 aromatic carbocycles. The van der Waals surface area contributed by atoms with Crippen LogP contribution in [-0.4, -0.2) is 25.6 Å². The molecule has 19 heavy (non-hydrogen) atoms. The largest absolute Gasteiger partial charge is 0.356 e. The summed E-state index contributed by atoms with van der Waals surface area (Å²) in [6.07, 6.45) is 7.52. The molecule has 0 aliphatic heterocycles. The monoisotopic (exact) mass is 259 g/mol. The van der Waals surface area contributed by atoms with Gasteiger partial charge in [0.15, 0.2) is 5.96 Å². The zero-order chi connectivity index (χ0) is 13.3. The third kappa shape index (κ3) is 4.93. The first-order valence-corrected chi connectivity index (χ1v) is 7.39. The minimum absolute atomic E-state index is 0.625. The minimum atomic E-state index is 0.625. The van der Waals surface area contributed by atoms with Crippen molar-refractivity contribution in [2.24, 2.45) is 4.99 Å². The van der Waals surface area contributed by atoms with Crippen LogP contribution in [0.2, 0.25) is 0 Å². The van der Waals surface area contributed by atoms with E-state index in [9.17, 15) is 0 Å². The lowest BCUT2D eigenvalue weighted by atomic mass is 10.1.